The van der Waals surface area contributed by atoms with E-state index in [9.17, 15) is 0 Å². The van der Waals surface area contributed by atoms with Gasteiger partial charge in [0.05, 0.1) is 11.2 Å². The molecule has 0 amide bonds. The second-order valence-electron chi connectivity index (χ2n) is 3.32. The Morgan fingerprint density at radius 2 is 2.31 bits per heavy atom. The van der Waals surface area contributed by atoms with Gasteiger partial charge in [0.25, 0.3) is 0 Å². The Morgan fingerprint density at radius 1 is 1.54 bits per heavy atom. The standard InChI is InChI=1S/C10H13N3/c1-4-10(2,3)13-8-9-7-11-5-6-12-9/h1,5-7,13H,8H2,2-3H3. The van der Waals surface area contributed by atoms with Gasteiger partial charge in [-0.05, 0) is 13.8 Å². The lowest BCUT2D eigenvalue weighted by molar-refractivity contribution is 0.486. The smallest absolute Gasteiger partial charge is 0.0744 e. The minimum absolute atomic E-state index is 0.294. The lowest BCUT2D eigenvalue weighted by atomic mass is 10.1. The van der Waals surface area contributed by atoms with Gasteiger partial charge in [-0.25, -0.2) is 0 Å². The quantitative estimate of drug-likeness (QED) is 0.696. The summed E-state index contributed by atoms with van der Waals surface area (Å²) >= 11 is 0. The average Bonchev–Trinajstić information content (AvgIpc) is 2.17. The van der Waals surface area contributed by atoms with Crippen LogP contribution in [-0.2, 0) is 6.54 Å². The van der Waals surface area contributed by atoms with Gasteiger partial charge in [0, 0.05) is 25.1 Å². The lowest BCUT2D eigenvalue weighted by Gasteiger charge is -2.18. The summed E-state index contributed by atoms with van der Waals surface area (Å²) in [4.78, 5) is 8.08. The number of nitrogens with one attached hydrogen (secondary N) is 1. The average molecular weight is 175 g/mol. The van der Waals surface area contributed by atoms with Gasteiger partial charge in [0.15, 0.2) is 0 Å². The third kappa shape index (κ3) is 3.22. The number of nitrogens with zero attached hydrogens (tertiary/aromatic N) is 2. The van der Waals surface area contributed by atoms with E-state index in [2.05, 4.69) is 21.2 Å². The molecule has 1 rings (SSSR count). The molecule has 0 saturated heterocycles. The second kappa shape index (κ2) is 4.01. The molecule has 3 nitrogen and oxygen atoms in total. The predicted octanol–water partition coefficient (Wildman–Crippen LogP) is 0.978. The van der Waals surface area contributed by atoms with Gasteiger partial charge in [0.2, 0.25) is 0 Å². The molecule has 0 fully saturated rings. The van der Waals surface area contributed by atoms with E-state index in [1.807, 2.05) is 13.8 Å². The minimum atomic E-state index is -0.294. The molecule has 0 saturated carbocycles. The van der Waals surface area contributed by atoms with Crippen LogP contribution in [0, 0.1) is 12.3 Å². The zero-order valence-corrected chi connectivity index (χ0v) is 7.91. The number of terminal acetylenes is 1. The topological polar surface area (TPSA) is 37.8 Å². The largest absolute Gasteiger partial charge is 0.296 e. The molecule has 0 aliphatic carbocycles. The van der Waals surface area contributed by atoms with Crippen LogP contribution in [0.4, 0.5) is 0 Å². The van der Waals surface area contributed by atoms with Crippen molar-refractivity contribution in [2.24, 2.45) is 0 Å². The summed E-state index contributed by atoms with van der Waals surface area (Å²) in [6.45, 7) is 4.54. The molecule has 3 heteroatoms. The molecule has 1 heterocycles. The molecule has 68 valence electrons. The summed E-state index contributed by atoms with van der Waals surface area (Å²) in [7, 11) is 0. The molecule has 0 atom stereocenters. The monoisotopic (exact) mass is 175 g/mol. The lowest BCUT2D eigenvalue weighted by Crippen LogP contribution is -2.37. The minimum Gasteiger partial charge on any atom is -0.296 e. The van der Waals surface area contributed by atoms with E-state index in [0.717, 1.165) is 5.69 Å². The van der Waals surface area contributed by atoms with Crippen molar-refractivity contribution in [2.75, 3.05) is 0 Å². The van der Waals surface area contributed by atoms with Gasteiger partial charge in [-0.3, -0.25) is 15.3 Å². The Kier molecular flexibility index (Phi) is 2.99. The fourth-order valence-corrected chi connectivity index (χ4v) is 0.784. The molecule has 0 aromatic carbocycles. The molecular formula is C10H13N3. The first kappa shape index (κ1) is 9.69. The number of hydrogen-bond donors (Lipinski definition) is 1. The summed E-state index contributed by atoms with van der Waals surface area (Å²) in [5.41, 5.74) is 0.600. The zero-order chi connectivity index (χ0) is 9.73. The van der Waals surface area contributed by atoms with E-state index < -0.39 is 0 Å². The highest BCUT2D eigenvalue weighted by atomic mass is 15.0. The van der Waals surface area contributed by atoms with Crippen molar-refractivity contribution in [1.29, 1.82) is 0 Å². The van der Waals surface area contributed by atoms with Crippen LogP contribution in [-0.4, -0.2) is 15.5 Å². The van der Waals surface area contributed by atoms with Crippen LogP contribution in [0.1, 0.15) is 19.5 Å². The first-order chi connectivity index (χ1) is 6.14. The Bertz CT molecular complexity index is 298. The Morgan fingerprint density at radius 3 is 2.85 bits per heavy atom. The highest BCUT2D eigenvalue weighted by Gasteiger charge is 2.11. The van der Waals surface area contributed by atoms with Crippen molar-refractivity contribution in [3.63, 3.8) is 0 Å². The Hall–Kier alpha value is -1.40. The maximum absolute atomic E-state index is 5.32. The summed E-state index contributed by atoms with van der Waals surface area (Å²) in [5.74, 6) is 2.65. The van der Waals surface area contributed by atoms with Crippen LogP contribution < -0.4 is 5.32 Å². The van der Waals surface area contributed by atoms with Crippen molar-refractivity contribution in [1.82, 2.24) is 15.3 Å². The van der Waals surface area contributed by atoms with Crippen LogP contribution in [0.5, 0.6) is 0 Å². The summed E-state index contributed by atoms with van der Waals surface area (Å²) in [6.07, 6.45) is 10.4. The molecule has 13 heavy (non-hydrogen) atoms. The van der Waals surface area contributed by atoms with Crippen molar-refractivity contribution in [3.05, 3.63) is 24.3 Å². The van der Waals surface area contributed by atoms with Crippen LogP contribution in [0.15, 0.2) is 18.6 Å². The van der Waals surface area contributed by atoms with Gasteiger partial charge in [0.1, 0.15) is 0 Å². The first-order valence-corrected chi connectivity index (χ1v) is 4.12. The van der Waals surface area contributed by atoms with E-state index in [1.54, 1.807) is 18.6 Å². The normalized spacial score (nSPS) is 10.8. The van der Waals surface area contributed by atoms with Crippen LogP contribution in [0.2, 0.25) is 0 Å². The van der Waals surface area contributed by atoms with Crippen molar-refractivity contribution in [3.8, 4) is 12.3 Å². The van der Waals surface area contributed by atoms with Gasteiger partial charge < -0.3 is 0 Å². The summed E-state index contributed by atoms with van der Waals surface area (Å²) in [5, 5.41) is 3.19. The number of rotatable bonds is 3. The molecule has 0 unspecified atom stereocenters. The molecule has 0 spiro atoms. The zero-order valence-electron chi connectivity index (χ0n) is 7.91. The van der Waals surface area contributed by atoms with E-state index in [0.29, 0.717) is 6.54 Å². The van der Waals surface area contributed by atoms with Crippen LogP contribution in [0.25, 0.3) is 0 Å². The molecule has 0 aliphatic rings. The predicted molar refractivity (Wildman–Crippen MR) is 51.8 cm³/mol. The molecular weight excluding hydrogens is 162 g/mol. The molecule has 0 aliphatic heterocycles. The fourth-order valence-electron chi connectivity index (χ4n) is 0.784. The Labute approximate surface area is 78.6 Å². The van der Waals surface area contributed by atoms with E-state index >= 15 is 0 Å². The van der Waals surface area contributed by atoms with Gasteiger partial charge in [-0.2, -0.15) is 0 Å². The van der Waals surface area contributed by atoms with Crippen LogP contribution >= 0.6 is 0 Å². The van der Waals surface area contributed by atoms with Crippen molar-refractivity contribution in [2.45, 2.75) is 25.9 Å². The summed E-state index contributed by atoms with van der Waals surface area (Å²) in [6, 6.07) is 0. The SMILES string of the molecule is C#CC(C)(C)NCc1cnccn1. The molecule has 1 aromatic heterocycles. The maximum atomic E-state index is 5.32. The highest BCUT2D eigenvalue weighted by molar-refractivity contribution is 5.08. The molecule has 1 aromatic rings. The van der Waals surface area contributed by atoms with E-state index in [1.165, 1.54) is 0 Å². The Balaban J connectivity index is 2.50. The fraction of sp³-hybridized carbons (Fsp3) is 0.400. The third-order valence-corrected chi connectivity index (χ3v) is 1.69. The van der Waals surface area contributed by atoms with Crippen molar-refractivity contribution < 1.29 is 0 Å². The van der Waals surface area contributed by atoms with Crippen LogP contribution in [0.3, 0.4) is 0 Å². The van der Waals surface area contributed by atoms with E-state index in [-0.39, 0.29) is 5.54 Å². The van der Waals surface area contributed by atoms with E-state index in [4.69, 9.17) is 6.42 Å². The van der Waals surface area contributed by atoms with Gasteiger partial charge >= 0.3 is 0 Å². The third-order valence-electron chi connectivity index (χ3n) is 1.69. The van der Waals surface area contributed by atoms with Crippen molar-refractivity contribution >= 4 is 0 Å². The molecule has 0 bridgehead atoms. The molecule has 0 radical (unpaired) electrons. The first-order valence-electron chi connectivity index (χ1n) is 4.12. The number of aromatic nitrogens is 2. The maximum Gasteiger partial charge on any atom is 0.0744 e. The summed E-state index contributed by atoms with van der Waals surface area (Å²) < 4.78 is 0. The van der Waals surface area contributed by atoms with Gasteiger partial charge in [-0.1, -0.05) is 5.92 Å². The van der Waals surface area contributed by atoms with Gasteiger partial charge in [-0.15, -0.1) is 6.42 Å². The second-order valence-corrected chi connectivity index (χ2v) is 3.32. The molecule has 1 N–H and O–H groups in total. The highest BCUT2D eigenvalue weighted by Crippen LogP contribution is 2.00. The number of hydrogen-bond acceptors (Lipinski definition) is 3.